The molecule has 1 aliphatic heterocycles. The Morgan fingerprint density at radius 1 is 0.647 bits per heavy atom. The first-order chi connectivity index (χ1) is 25.1. The number of rotatable bonds is 7. The fourth-order valence-electron chi connectivity index (χ4n) is 8.48. The van der Waals surface area contributed by atoms with E-state index in [4.69, 9.17) is 19.4 Å². The highest BCUT2D eigenvalue weighted by Gasteiger charge is 2.47. The summed E-state index contributed by atoms with van der Waals surface area (Å²) in [7, 11) is 1.69. The van der Waals surface area contributed by atoms with Crippen molar-refractivity contribution < 1.29 is 9.47 Å². The monoisotopic (exact) mass is 662 g/mol. The van der Waals surface area contributed by atoms with E-state index in [1.807, 2.05) is 48.5 Å². The van der Waals surface area contributed by atoms with E-state index in [-0.39, 0.29) is 5.41 Å². The topological polar surface area (TPSA) is 44.2 Å². The minimum atomic E-state index is -1.14. The van der Waals surface area contributed by atoms with E-state index in [0.29, 0.717) is 5.82 Å². The third-order valence-electron chi connectivity index (χ3n) is 11.1. The van der Waals surface area contributed by atoms with Crippen molar-refractivity contribution in [3.05, 3.63) is 174 Å². The Balaban J connectivity index is 1.36. The van der Waals surface area contributed by atoms with Crippen LogP contribution in [0.4, 0.5) is 0 Å². The fourth-order valence-corrected chi connectivity index (χ4v) is 8.48. The molecule has 0 saturated heterocycles. The molecule has 9 rings (SSSR count). The molecule has 7 aromatic rings. The molecule has 2 aliphatic rings. The second-order valence-corrected chi connectivity index (χ2v) is 13.5. The van der Waals surface area contributed by atoms with Gasteiger partial charge >= 0.3 is 0 Å². The Labute approximate surface area is 299 Å². The van der Waals surface area contributed by atoms with Crippen molar-refractivity contribution in [1.29, 1.82) is 0 Å². The highest BCUT2D eigenvalue weighted by molar-refractivity contribution is 6.08. The zero-order valence-electron chi connectivity index (χ0n) is 29.1. The summed E-state index contributed by atoms with van der Waals surface area (Å²) in [4.78, 5) is 10.7. The van der Waals surface area contributed by atoms with Crippen molar-refractivity contribution in [2.75, 3.05) is 7.11 Å². The van der Waals surface area contributed by atoms with Crippen LogP contribution >= 0.6 is 0 Å². The van der Waals surface area contributed by atoms with Crippen LogP contribution in [0, 0.1) is 0 Å². The van der Waals surface area contributed by atoms with Gasteiger partial charge in [0.05, 0.1) is 18.5 Å². The number of aromatic nitrogens is 2. The first-order valence-corrected chi connectivity index (χ1v) is 17.8. The quantitative estimate of drug-likeness (QED) is 0.170. The van der Waals surface area contributed by atoms with E-state index in [0.717, 1.165) is 63.4 Å². The number of hydrogen-bond donors (Lipinski definition) is 0. The van der Waals surface area contributed by atoms with Crippen LogP contribution in [0.1, 0.15) is 54.8 Å². The average Bonchev–Trinajstić information content (AvgIpc) is 3.52. The fraction of sp³-hybridized carbons (Fsp3) is 0.149. The van der Waals surface area contributed by atoms with Crippen molar-refractivity contribution >= 4 is 16.8 Å². The lowest BCUT2D eigenvalue weighted by atomic mass is 9.71. The Kier molecular flexibility index (Phi) is 7.36. The number of ether oxygens (including phenoxy) is 2. The molecule has 1 atom stereocenters. The van der Waals surface area contributed by atoms with Crippen LogP contribution in [0.15, 0.2) is 146 Å². The minimum Gasteiger partial charge on any atom is -0.497 e. The molecule has 0 saturated carbocycles. The standard InChI is InChI=1S/C47H38N2O2/c1-4-46(5-2)39-23-15-14-22-37(39)42-35-20-12-13-21-36(35)44-38(43(42)46)28-29-47(51-44,33-24-26-34(50-3)27-25-33)45-48-40(31-16-8-6-9-17-31)30-41(49-45)32-18-10-7-11-19-32/h6-30H,4-5H2,1-3H3. The van der Waals surface area contributed by atoms with Gasteiger partial charge in [0.1, 0.15) is 11.5 Å². The zero-order chi connectivity index (χ0) is 34.6. The SMILES string of the molecule is CCC1(CC)c2ccccc2-c2c1c1c(c3ccccc23)OC(c2ccc(OC)cc2)(c2nc(-c3ccccc3)cc(-c3ccccc3)n2)C=C1. The number of nitrogens with zero attached hydrogens (tertiary/aromatic N) is 2. The number of methoxy groups -OCH3 is 1. The van der Waals surface area contributed by atoms with Crippen LogP contribution in [0.25, 0.3) is 50.5 Å². The van der Waals surface area contributed by atoms with Gasteiger partial charge in [-0.3, -0.25) is 0 Å². The molecule has 248 valence electrons. The van der Waals surface area contributed by atoms with E-state index in [1.165, 1.54) is 27.6 Å². The molecule has 0 amide bonds. The van der Waals surface area contributed by atoms with Crippen molar-refractivity contribution in [3.8, 4) is 45.1 Å². The maximum absolute atomic E-state index is 7.61. The normalized spacial score (nSPS) is 16.6. The average molecular weight is 663 g/mol. The van der Waals surface area contributed by atoms with E-state index >= 15 is 0 Å². The molecule has 1 unspecified atom stereocenters. The van der Waals surface area contributed by atoms with Gasteiger partial charge in [-0.1, -0.05) is 141 Å². The molecule has 0 radical (unpaired) electrons. The Bertz CT molecular complexity index is 2390. The molecule has 4 nitrogen and oxygen atoms in total. The van der Waals surface area contributed by atoms with Crippen molar-refractivity contribution in [1.82, 2.24) is 9.97 Å². The predicted octanol–water partition coefficient (Wildman–Crippen LogP) is 11.4. The van der Waals surface area contributed by atoms with E-state index < -0.39 is 5.60 Å². The van der Waals surface area contributed by atoms with Crippen molar-refractivity contribution in [2.24, 2.45) is 0 Å². The molecule has 0 fully saturated rings. The van der Waals surface area contributed by atoms with Gasteiger partial charge in [-0.05, 0) is 64.8 Å². The number of fused-ring (bicyclic) bond motifs is 8. The molecular weight excluding hydrogens is 625 g/mol. The number of hydrogen-bond acceptors (Lipinski definition) is 4. The second kappa shape index (κ2) is 12.1. The largest absolute Gasteiger partial charge is 0.497 e. The molecule has 0 N–H and O–H groups in total. The van der Waals surface area contributed by atoms with Gasteiger partial charge in [-0.15, -0.1) is 0 Å². The van der Waals surface area contributed by atoms with E-state index in [9.17, 15) is 0 Å². The molecule has 1 aliphatic carbocycles. The van der Waals surface area contributed by atoms with E-state index in [2.05, 4.69) is 117 Å². The molecule has 0 bridgehead atoms. The highest BCUT2D eigenvalue weighted by Crippen LogP contribution is 2.60. The molecule has 1 aromatic heterocycles. The smallest absolute Gasteiger partial charge is 0.212 e. The van der Waals surface area contributed by atoms with Crippen LogP contribution in [0.5, 0.6) is 11.5 Å². The molecule has 2 heterocycles. The lowest BCUT2D eigenvalue weighted by Gasteiger charge is -2.38. The van der Waals surface area contributed by atoms with Crippen LogP contribution < -0.4 is 9.47 Å². The molecule has 4 heteroatoms. The maximum Gasteiger partial charge on any atom is 0.212 e. The maximum atomic E-state index is 7.61. The van der Waals surface area contributed by atoms with E-state index in [1.54, 1.807) is 7.11 Å². The zero-order valence-corrected chi connectivity index (χ0v) is 29.1. The number of benzene rings is 6. The lowest BCUT2D eigenvalue weighted by molar-refractivity contribution is 0.153. The van der Waals surface area contributed by atoms with Gasteiger partial charge in [-0.25, -0.2) is 9.97 Å². The van der Waals surface area contributed by atoms with Crippen LogP contribution in [-0.2, 0) is 11.0 Å². The summed E-state index contributed by atoms with van der Waals surface area (Å²) in [6.07, 6.45) is 6.45. The summed E-state index contributed by atoms with van der Waals surface area (Å²) < 4.78 is 13.2. The molecular formula is C47H38N2O2. The van der Waals surface area contributed by atoms with Gasteiger partial charge in [0.15, 0.2) is 5.82 Å². The van der Waals surface area contributed by atoms with Gasteiger partial charge in [0.25, 0.3) is 0 Å². The summed E-state index contributed by atoms with van der Waals surface area (Å²) >= 11 is 0. The lowest BCUT2D eigenvalue weighted by Crippen LogP contribution is -2.37. The third kappa shape index (κ3) is 4.66. The third-order valence-corrected chi connectivity index (χ3v) is 11.1. The minimum absolute atomic E-state index is 0.141. The molecule has 51 heavy (non-hydrogen) atoms. The van der Waals surface area contributed by atoms with Crippen LogP contribution in [0.2, 0.25) is 0 Å². The van der Waals surface area contributed by atoms with Gasteiger partial charge in [0, 0.05) is 33.1 Å². The predicted molar refractivity (Wildman–Crippen MR) is 207 cm³/mol. The summed E-state index contributed by atoms with van der Waals surface area (Å²) in [5.41, 5.74) is 9.86. The molecule has 6 aromatic carbocycles. The Morgan fingerprint density at radius 3 is 1.86 bits per heavy atom. The highest BCUT2D eigenvalue weighted by atomic mass is 16.5. The summed E-state index contributed by atoms with van der Waals surface area (Å²) in [5, 5.41) is 2.28. The van der Waals surface area contributed by atoms with Gasteiger partial charge in [-0.2, -0.15) is 0 Å². The van der Waals surface area contributed by atoms with Crippen molar-refractivity contribution in [2.45, 2.75) is 37.7 Å². The Morgan fingerprint density at radius 2 is 1.24 bits per heavy atom. The summed E-state index contributed by atoms with van der Waals surface area (Å²) in [6.45, 7) is 4.64. The van der Waals surface area contributed by atoms with Crippen LogP contribution in [-0.4, -0.2) is 17.1 Å². The second-order valence-electron chi connectivity index (χ2n) is 13.5. The summed E-state index contributed by atoms with van der Waals surface area (Å²) in [6, 6.07) is 48.5. The van der Waals surface area contributed by atoms with Gasteiger partial charge in [0.2, 0.25) is 5.60 Å². The summed E-state index contributed by atoms with van der Waals surface area (Å²) in [5.74, 6) is 2.20. The molecule has 0 spiro atoms. The first-order valence-electron chi connectivity index (χ1n) is 17.8. The first kappa shape index (κ1) is 31.0. The Hall–Kier alpha value is -6.00. The van der Waals surface area contributed by atoms with Gasteiger partial charge < -0.3 is 9.47 Å². The van der Waals surface area contributed by atoms with Crippen molar-refractivity contribution in [3.63, 3.8) is 0 Å². The van der Waals surface area contributed by atoms with Crippen LogP contribution in [0.3, 0.4) is 0 Å².